The van der Waals surface area contributed by atoms with Gasteiger partial charge in [-0.3, -0.25) is 13.9 Å². The third-order valence-corrected chi connectivity index (χ3v) is 10.4. The Balaban J connectivity index is 1.84. The Morgan fingerprint density at radius 1 is 0.804 bits per heavy atom. The predicted molar refractivity (Wildman–Crippen MR) is 186 cm³/mol. The summed E-state index contributed by atoms with van der Waals surface area (Å²) in [6.07, 6.45) is 0.871. The molecule has 0 fully saturated rings. The second-order valence-corrected chi connectivity index (χ2v) is 14.1. The van der Waals surface area contributed by atoms with Crippen LogP contribution in [0, 0.1) is 13.8 Å². The number of nitrogens with one attached hydrogen (secondary N) is 1. The molecular formula is C36H39Cl2N3O4S. The van der Waals surface area contributed by atoms with Crippen LogP contribution < -0.4 is 9.62 Å². The Bertz CT molecular complexity index is 1730. The monoisotopic (exact) mass is 679 g/mol. The van der Waals surface area contributed by atoms with E-state index in [2.05, 4.69) is 5.32 Å². The summed E-state index contributed by atoms with van der Waals surface area (Å²) >= 11 is 13.2. The van der Waals surface area contributed by atoms with Crippen molar-refractivity contribution in [3.63, 3.8) is 0 Å². The molecule has 0 aliphatic heterocycles. The first-order chi connectivity index (χ1) is 21.9. The summed E-state index contributed by atoms with van der Waals surface area (Å²) in [7, 11) is -4.20. The molecule has 0 saturated carbocycles. The molecule has 0 spiro atoms. The van der Waals surface area contributed by atoms with E-state index in [4.69, 9.17) is 23.2 Å². The number of halogens is 2. The van der Waals surface area contributed by atoms with Gasteiger partial charge >= 0.3 is 0 Å². The van der Waals surface area contributed by atoms with Gasteiger partial charge in [-0.1, -0.05) is 102 Å². The van der Waals surface area contributed by atoms with Gasteiger partial charge in [0, 0.05) is 34.6 Å². The third kappa shape index (κ3) is 8.69. The summed E-state index contributed by atoms with van der Waals surface area (Å²) in [5.74, 6) is -0.953. The van der Waals surface area contributed by atoms with Gasteiger partial charge in [-0.25, -0.2) is 8.42 Å². The highest BCUT2D eigenvalue weighted by molar-refractivity contribution is 7.92. The first-order valence-electron chi connectivity index (χ1n) is 15.1. The second-order valence-electron chi connectivity index (χ2n) is 11.4. The van der Waals surface area contributed by atoms with Crippen molar-refractivity contribution in [1.82, 2.24) is 10.2 Å². The van der Waals surface area contributed by atoms with E-state index in [0.717, 1.165) is 21.0 Å². The summed E-state index contributed by atoms with van der Waals surface area (Å²) < 4.78 is 29.4. The Hall–Kier alpha value is -3.85. The van der Waals surface area contributed by atoms with Gasteiger partial charge in [0.15, 0.2) is 0 Å². The van der Waals surface area contributed by atoms with E-state index in [1.165, 1.54) is 17.0 Å². The topological polar surface area (TPSA) is 86.8 Å². The fourth-order valence-electron chi connectivity index (χ4n) is 4.93. The smallest absolute Gasteiger partial charge is 0.264 e. The number of nitrogens with zero attached hydrogens (tertiary/aromatic N) is 2. The van der Waals surface area contributed by atoms with Crippen LogP contribution in [0.1, 0.15) is 42.5 Å². The number of aryl methyl sites for hydroxylation is 2. The lowest BCUT2D eigenvalue weighted by Crippen LogP contribution is -2.54. The standard InChI is InChI=1S/C36H39Cl2N3O4S/c1-5-27(4)39-36(43)34(22-28-10-7-6-8-11-28)40(23-31-32(37)12-9-13-33(31)38)35(42)24-41(29-18-14-25(2)15-19-29)46(44,45)30-20-16-26(3)17-21-30/h6-21,27,34H,5,22-24H2,1-4H3,(H,39,43)/t27-,34+/m0/s1. The molecule has 0 heterocycles. The molecular weight excluding hydrogens is 641 g/mol. The average molecular weight is 681 g/mol. The van der Waals surface area contributed by atoms with Crippen LogP contribution in [-0.4, -0.2) is 43.8 Å². The van der Waals surface area contributed by atoms with Crippen LogP contribution in [0.3, 0.4) is 0 Å². The number of sulfonamides is 1. The number of anilines is 1. The highest BCUT2D eigenvalue weighted by Crippen LogP contribution is 2.29. The first-order valence-corrected chi connectivity index (χ1v) is 17.3. The summed E-state index contributed by atoms with van der Waals surface area (Å²) in [5, 5.41) is 3.68. The fourth-order valence-corrected chi connectivity index (χ4v) is 6.86. The molecule has 7 nitrogen and oxygen atoms in total. The summed E-state index contributed by atoms with van der Waals surface area (Å²) in [6, 6.07) is 26.6. The van der Waals surface area contributed by atoms with Crippen molar-refractivity contribution < 1.29 is 18.0 Å². The lowest BCUT2D eigenvalue weighted by atomic mass is 10.0. The quantitative estimate of drug-likeness (QED) is 0.160. The van der Waals surface area contributed by atoms with E-state index < -0.39 is 28.5 Å². The number of hydrogen-bond acceptors (Lipinski definition) is 4. The molecule has 0 aliphatic rings. The first kappa shape index (κ1) is 35.0. The SMILES string of the molecule is CC[C@H](C)NC(=O)[C@@H](Cc1ccccc1)N(Cc1c(Cl)cccc1Cl)C(=O)CN(c1ccc(C)cc1)S(=O)(=O)c1ccc(C)cc1. The molecule has 4 rings (SSSR count). The summed E-state index contributed by atoms with van der Waals surface area (Å²) in [4.78, 5) is 30.0. The maximum Gasteiger partial charge on any atom is 0.264 e. The van der Waals surface area contributed by atoms with E-state index in [1.54, 1.807) is 54.6 Å². The van der Waals surface area contributed by atoms with E-state index in [-0.39, 0.29) is 29.8 Å². The lowest BCUT2D eigenvalue weighted by Gasteiger charge is -2.34. The second kappa shape index (κ2) is 15.6. The van der Waals surface area contributed by atoms with Gasteiger partial charge in [0.2, 0.25) is 11.8 Å². The van der Waals surface area contributed by atoms with Crippen LogP contribution in [-0.2, 0) is 32.6 Å². The minimum Gasteiger partial charge on any atom is -0.352 e. The zero-order chi connectivity index (χ0) is 33.4. The van der Waals surface area contributed by atoms with Crippen molar-refractivity contribution in [2.24, 2.45) is 0 Å². The maximum absolute atomic E-state index is 14.6. The largest absolute Gasteiger partial charge is 0.352 e. The highest BCUT2D eigenvalue weighted by Gasteiger charge is 2.35. The molecule has 2 amide bonds. The fraction of sp³-hybridized carbons (Fsp3) is 0.278. The molecule has 0 bridgehead atoms. The number of rotatable bonds is 13. The van der Waals surface area contributed by atoms with Gasteiger partial charge in [-0.2, -0.15) is 0 Å². The molecule has 0 radical (unpaired) electrons. The molecule has 46 heavy (non-hydrogen) atoms. The Kier molecular flexibility index (Phi) is 11.9. The van der Waals surface area contributed by atoms with Crippen molar-refractivity contribution in [2.75, 3.05) is 10.8 Å². The number of benzene rings is 4. The average Bonchev–Trinajstić information content (AvgIpc) is 3.03. The van der Waals surface area contributed by atoms with Crippen molar-refractivity contribution in [2.45, 2.75) is 64.1 Å². The number of amides is 2. The summed E-state index contributed by atoms with van der Waals surface area (Å²) in [5.41, 5.74) is 3.44. The van der Waals surface area contributed by atoms with Crippen molar-refractivity contribution in [3.05, 3.63) is 129 Å². The lowest BCUT2D eigenvalue weighted by molar-refractivity contribution is -0.140. The molecule has 242 valence electrons. The Morgan fingerprint density at radius 2 is 1.37 bits per heavy atom. The Labute approximate surface area is 282 Å². The van der Waals surface area contributed by atoms with E-state index in [1.807, 2.05) is 58.0 Å². The molecule has 0 saturated heterocycles. The van der Waals surface area contributed by atoms with Gasteiger partial charge in [-0.05, 0) is 69.2 Å². The molecule has 4 aromatic rings. The maximum atomic E-state index is 14.6. The van der Waals surface area contributed by atoms with E-state index in [9.17, 15) is 18.0 Å². The van der Waals surface area contributed by atoms with Crippen molar-refractivity contribution in [1.29, 1.82) is 0 Å². The molecule has 0 aliphatic carbocycles. The Morgan fingerprint density at radius 3 is 1.93 bits per heavy atom. The van der Waals surface area contributed by atoms with Crippen molar-refractivity contribution >= 4 is 50.7 Å². The number of hydrogen-bond donors (Lipinski definition) is 1. The molecule has 1 N–H and O–H groups in total. The van der Waals surface area contributed by atoms with Gasteiger partial charge < -0.3 is 10.2 Å². The minimum absolute atomic E-state index is 0.0440. The van der Waals surface area contributed by atoms with Crippen LogP contribution in [0.15, 0.2) is 102 Å². The minimum atomic E-state index is -4.20. The zero-order valence-electron chi connectivity index (χ0n) is 26.4. The predicted octanol–water partition coefficient (Wildman–Crippen LogP) is 7.36. The zero-order valence-corrected chi connectivity index (χ0v) is 28.7. The van der Waals surface area contributed by atoms with Crippen LogP contribution in [0.2, 0.25) is 10.0 Å². The normalized spacial score (nSPS) is 12.7. The molecule has 0 aromatic heterocycles. The van der Waals surface area contributed by atoms with Crippen LogP contribution >= 0.6 is 23.2 Å². The van der Waals surface area contributed by atoms with Gasteiger partial charge in [0.05, 0.1) is 10.6 Å². The number of carbonyl (C=O) groups excluding carboxylic acids is 2. The molecule has 2 atom stereocenters. The van der Waals surface area contributed by atoms with Crippen LogP contribution in [0.4, 0.5) is 5.69 Å². The van der Waals surface area contributed by atoms with Gasteiger partial charge in [0.1, 0.15) is 12.6 Å². The van der Waals surface area contributed by atoms with Crippen LogP contribution in [0.5, 0.6) is 0 Å². The van der Waals surface area contributed by atoms with E-state index in [0.29, 0.717) is 27.7 Å². The van der Waals surface area contributed by atoms with E-state index >= 15 is 0 Å². The molecule has 10 heteroatoms. The summed E-state index contributed by atoms with van der Waals surface area (Å²) in [6.45, 7) is 6.93. The molecule has 4 aromatic carbocycles. The highest BCUT2D eigenvalue weighted by atomic mass is 35.5. The number of carbonyl (C=O) groups is 2. The van der Waals surface area contributed by atoms with Crippen LogP contribution in [0.25, 0.3) is 0 Å². The third-order valence-electron chi connectivity index (χ3n) is 7.87. The van der Waals surface area contributed by atoms with Gasteiger partial charge in [0.25, 0.3) is 10.0 Å². The van der Waals surface area contributed by atoms with Crippen molar-refractivity contribution in [3.8, 4) is 0 Å². The molecule has 0 unspecified atom stereocenters. The van der Waals surface area contributed by atoms with Gasteiger partial charge in [-0.15, -0.1) is 0 Å².